The second-order valence-corrected chi connectivity index (χ2v) is 5.53. The van der Waals surface area contributed by atoms with Crippen LogP contribution in [-0.4, -0.2) is 0 Å². The van der Waals surface area contributed by atoms with Crippen LogP contribution in [0.5, 0.6) is 0 Å². The minimum Gasteiger partial charge on any atom is -0.204 e. The van der Waals surface area contributed by atoms with Gasteiger partial charge in [-0.25, -0.2) is 13.2 Å². The molecule has 1 heterocycles. The monoisotopic (exact) mass is 330 g/mol. The number of aryl methyl sites for hydroxylation is 1. The summed E-state index contributed by atoms with van der Waals surface area (Å²) in [6.07, 6.45) is 0.142. The largest absolute Gasteiger partial charge is 0.204 e. The Morgan fingerprint density at radius 2 is 1.67 bits per heavy atom. The zero-order valence-electron chi connectivity index (χ0n) is 11.9. The van der Waals surface area contributed by atoms with Crippen molar-refractivity contribution in [3.8, 4) is 11.8 Å². The van der Waals surface area contributed by atoms with Crippen molar-refractivity contribution < 1.29 is 13.2 Å². The smallest absolute Gasteiger partial charge is 0.194 e. The molecule has 0 radical (unpaired) electrons. The second-order valence-electron chi connectivity index (χ2n) is 3.87. The third-order valence-electron chi connectivity index (χ3n) is 2.40. The summed E-state index contributed by atoms with van der Waals surface area (Å²) in [4.78, 5) is 1.75. The van der Waals surface area contributed by atoms with Crippen LogP contribution in [0.3, 0.4) is 0 Å². The molecule has 0 fully saturated rings. The van der Waals surface area contributed by atoms with E-state index in [0.717, 1.165) is 21.9 Å². The van der Waals surface area contributed by atoms with Gasteiger partial charge in [0.25, 0.3) is 0 Å². The number of rotatable bonds is 1. The molecule has 5 heteroatoms. The summed E-state index contributed by atoms with van der Waals surface area (Å²) in [6.45, 7) is 5.88. The van der Waals surface area contributed by atoms with Gasteiger partial charge in [0, 0.05) is 11.3 Å². The van der Waals surface area contributed by atoms with Crippen LogP contribution in [-0.2, 0) is 6.42 Å². The summed E-state index contributed by atoms with van der Waals surface area (Å²) < 4.78 is 38.7. The standard InChI is InChI=1S/C14H8ClF3S.C2H6/c1-8-11(15)7-10(19-8)4-2-3-9-5-12(16)14(18)13(17)6-9;1-2/h5-7H,3H2,1H3;1-2H3. The van der Waals surface area contributed by atoms with Crippen LogP contribution >= 0.6 is 22.9 Å². The molecule has 2 aromatic rings. The van der Waals surface area contributed by atoms with Crippen molar-refractivity contribution in [1.29, 1.82) is 0 Å². The lowest BCUT2D eigenvalue weighted by Gasteiger charge is -1.98. The summed E-state index contributed by atoms with van der Waals surface area (Å²) in [5.41, 5.74) is 0.295. The minimum absolute atomic E-state index is 0.142. The quantitative estimate of drug-likeness (QED) is 0.461. The van der Waals surface area contributed by atoms with Crippen LogP contribution in [0.25, 0.3) is 0 Å². The van der Waals surface area contributed by atoms with Gasteiger partial charge in [-0.2, -0.15) is 0 Å². The van der Waals surface area contributed by atoms with Crippen LogP contribution in [0, 0.1) is 36.2 Å². The molecule has 0 amide bonds. The van der Waals surface area contributed by atoms with Gasteiger partial charge in [-0.3, -0.25) is 0 Å². The van der Waals surface area contributed by atoms with Gasteiger partial charge in [0.1, 0.15) is 0 Å². The van der Waals surface area contributed by atoms with Crippen molar-refractivity contribution in [2.45, 2.75) is 27.2 Å². The number of hydrogen-bond donors (Lipinski definition) is 0. The summed E-state index contributed by atoms with van der Waals surface area (Å²) >= 11 is 7.33. The number of halogens is 4. The Hall–Kier alpha value is -1.44. The first kappa shape index (κ1) is 17.6. The molecule has 112 valence electrons. The van der Waals surface area contributed by atoms with Crippen LogP contribution in [0.4, 0.5) is 13.2 Å². The van der Waals surface area contributed by atoms with E-state index in [1.807, 2.05) is 20.8 Å². The van der Waals surface area contributed by atoms with E-state index < -0.39 is 17.5 Å². The molecule has 0 bridgehead atoms. The summed E-state index contributed by atoms with van der Waals surface area (Å²) in [6, 6.07) is 3.62. The molecule has 0 N–H and O–H groups in total. The molecular weight excluding hydrogens is 317 g/mol. The molecule has 0 atom stereocenters. The highest BCUT2D eigenvalue weighted by Gasteiger charge is 2.09. The highest BCUT2D eigenvalue weighted by molar-refractivity contribution is 7.13. The van der Waals surface area contributed by atoms with E-state index in [1.165, 1.54) is 11.3 Å². The first-order chi connectivity index (χ1) is 9.97. The Bertz CT molecular complexity index is 638. The van der Waals surface area contributed by atoms with Crippen LogP contribution < -0.4 is 0 Å². The number of hydrogen-bond acceptors (Lipinski definition) is 1. The van der Waals surface area contributed by atoms with Crippen LogP contribution in [0.15, 0.2) is 18.2 Å². The fourth-order valence-electron chi connectivity index (χ4n) is 1.46. The Morgan fingerprint density at radius 1 is 1.10 bits per heavy atom. The molecule has 0 saturated heterocycles. The highest BCUT2D eigenvalue weighted by atomic mass is 35.5. The normalized spacial score (nSPS) is 9.48. The molecule has 0 aliphatic heterocycles. The van der Waals surface area contributed by atoms with Crippen molar-refractivity contribution in [2.24, 2.45) is 0 Å². The van der Waals surface area contributed by atoms with Gasteiger partial charge in [0.15, 0.2) is 17.5 Å². The van der Waals surface area contributed by atoms with E-state index in [9.17, 15) is 13.2 Å². The van der Waals surface area contributed by atoms with Gasteiger partial charge in [0.05, 0.1) is 9.90 Å². The maximum absolute atomic E-state index is 13.0. The molecule has 0 aliphatic carbocycles. The molecule has 2 rings (SSSR count). The maximum atomic E-state index is 13.0. The Labute approximate surface area is 131 Å². The van der Waals surface area contributed by atoms with E-state index in [-0.39, 0.29) is 6.42 Å². The van der Waals surface area contributed by atoms with E-state index in [0.29, 0.717) is 10.6 Å². The van der Waals surface area contributed by atoms with Gasteiger partial charge in [-0.15, -0.1) is 11.3 Å². The fraction of sp³-hybridized carbons (Fsp3) is 0.250. The van der Waals surface area contributed by atoms with E-state index >= 15 is 0 Å². The van der Waals surface area contributed by atoms with Crippen molar-refractivity contribution in [3.05, 3.63) is 56.0 Å². The second kappa shape index (κ2) is 8.11. The van der Waals surface area contributed by atoms with Gasteiger partial charge in [-0.1, -0.05) is 37.3 Å². The van der Waals surface area contributed by atoms with Crippen LogP contribution in [0.1, 0.15) is 29.2 Å². The van der Waals surface area contributed by atoms with Crippen molar-refractivity contribution >= 4 is 22.9 Å². The zero-order valence-corrected chi connectivity index (χ0v) is 13.4. The molecule has 0 nitrogen and oxygen atoms in total. The number of thiophene rings is 1. The molecule has 1 aromatic heterocycles. The number of benzene rings is 1. The summed E-state index contributed by atoms with van der Waals surface area (Å²) in [5.74, 6) is 1.77. The average molecular weight is 331 g/mol. The van der Waals surface area contributed by atoms with Gasteiger partial charge in [0.2, 0.25) is 0 Å². The third-order valence-corrected chi connectivity index (χ3v) is 3.88. The molecule has 0 saturated carbocycles. The highest BCUT2D eigenvalue weighted by Crippen LogP contribution is 2.25. The first-order valence-electron chi connectivity index (χ1n) is 6.35. The van der Waals surface area contributed by atoms with Gasteiger partial charge in [-0.05, 0) is 30.7 Å². The van der Waals surface area contributed by atoms with Crippen molar-refractivity contribution in [1.82, 2.24) is 0 Å². The predicted molar refractivity (Wildman–Crippen MR) is 82.3 cm³/mol. The summed E-state index contributed by atoms with van der Waals surface area (Å²) in [7, 11) is 0. The molecule has 0 spiro atoms. The first-order valence-corrected chi connectivity index (χ1v) is 7.55. The van der Waals surface area contributed by atoms with Crippen molar-refractivity contribution in [2.75, 3.05) is 0 Å². The van der Waals surface area contributed by atoms with Gasteiger partial charge < -0.3 is 0 Å². The van der Waals surface area contributed by atoms with E-state index in [1.54, 1.807) is 6.07 Å². The SMILES string of the molecule is CC.Cc1sc(C#CCc2cc(F)c(F)c(F)c2)cc1Cl. The zero-order chi connectivity index (χ0) is 16.0. The lowest BCUT2D eigenvalue weighted by molar-refractivity contribution is 0.445. The summed E-state index contributed by atoms with van der Waals surface area (Å²) in [5, 5.41) is 0.646. The molecule has 1 aromatic carbocycles. The van der Waals surface area contributed by atoms with E-state index in [2.05, 4.69) is 11.8 Å². The topological polar surface area (TPSA) is 0 Å². The average Bonchev–Trinajstić information content (AvgIpc) is 2.77. The van der Waals surface area contributed by atoms with Crippen LogP contribution in [0.2, 0.25) is 5.02 Å². The Kier molecular flexibility index (Phi) is 6.80. The molecular formula is C16H14ClF3S. The fourth-order valence-corrected chi connectivity index (χ4v) is 2.54. The third kappa shape index (κ3) is 4.80. The Balaban J connectivity index is 0.00000106. The molecule has 21 heavy (non-hydrogen) atoms. The van der Waals surface area contributed by atoms with Crippen molar-refractivity contribution in [3.63, 3.8) is 0 Å². The minimum atomic E-state index is -1.46. The maximum Gasteiger partial charge on any atom is 0.194 e. The van der Waals surface area contributed by atoms with Gasteiger partial charge >= 0.3 is 0 Å². The Morgan fingerprint density at radius 3 is 2.14 bits per heavy atom. The lowest BCUT2D eigenvalue weighted by Crippen LogP contribution is -1.93. The predicted octanol–water partition coefficient (Wildman–Crippen LogP) is 5.75. The lowest BCUT2D eigenvalue weighted by atomic mass is 10.1. The van der Waals surface area contributed by atoms with E-state index in [4.69, 9.17) is 11.6 Å². The molecule has 0 unspecified atom stereocenters. The molecule has 0 aliphatic rings.